The standard InChI is InChI=1S/C15H20N2OS/c1-3-6-17(7-4-2)14(18)15(9-13(15)10-16)12-5-8-19-11-12/h3-5,8,11,13H,1-2,6-7,9-10,16H2/t13-,15+/m0/s1. The van der Waals surface area contributed by atoms with E-state index in [1.807, 2.05) is 11.4 Å². The Balaban J connectivity index is 2.27. The first-order valence-electron chi connectivity index (χ1n) is 6.44. The maximum Gasteiger partial charge on any atom is 0.234 e. The van der Waals surface area contributed by atoms with Gasteiger partial charge in [0.1, 0.15) is 0 Å². The molecule has 0 aliphatic heterocycles. The van der Waals surface area contributed by atoms with Gasteiger partial charge in [0.05, 0.1) is 5.41 Å². The lowest BCUT2D eigenvalue weighted by Gasteiger charge is -2.26. The summed E-state index contributed by atoms with van der Waals surface area (Å²) in [4.78, 5) is 14.7. The molecule has 0 aromatic carbocycles. The van der Waals surface area contributed by atoms with Crippen LogP contribution in [-0.2, 0) is 10.2 Å². The highest BCUT2D eigenvalue weighted by molar-refractivity contribution is 7.08. The molecular formula is C15H20N2OS. The Morgan fingerprint density at radius 1 is 1.53 bits per heavy atom. The minimum atomic E-state index is -0.402. The van der Waals surface area contributed by atoms with Crippen LogP contribution in [0.2, 0.25) is 0 Å². The van der Waals surface area contributed by atoms with Gasteiger partial charge in [-0.05, 0) is 41.3 Å². The lowest BCUT2D eigenvalue weighted by Crippen LogP contribution is -2.41. The Bertz CT molecular complexity index is 458. The van der Waals surface area contributed by atoms with E-state index in [2.05, 4.69) is 18.5 Å². The zero-order valence-electron chi connectivity index (χ0n) is 11.0. The van der Waals surface area contributed by atoms with Gasteiger partial charge in [-0.3, -0.25) is 4.79 Å². The minimum Gasteiger partial charge on any atom is -0.334 e. The van der Waals surface area contributed by atoms with E-state index >= 15 is 0 Å². The third-order valence-electron chi connectivity index (χ3n) is 3.79. The van der Waals surface area contributed by atoms with Gasteiger partial charge in [-0.25, -0.2) is 0 Å². The van der Waals surface area contributed by atoms with Gasteiger partial charge in [0, 0.05) is 13.1 Å². The lowest BCUT2D eigenvalue weighted by atomic mass is 9.94. The van der Waals surface area contributed by atoms with E-state index in [4.69, 9.17) is 5.73 Å². The van der Waals surface area contributed by atoms with E-state index in [0.29, 0.717) is 19.6 Å². The molecular weight excluding hydrogens is 256 g/mol. The van der Waals surface area contributed by atoms with Crippen molar-refractivity contribution in [2.75, 3.05) is 19.6 Å². The lowest BCUT2D eigenvalue weighted by molar-refractivity contribution is -0.133. The second-order valence-corrected chi connectivity index (χ2v) is 5.69. The molecule has 1 heterocycles. The van der Waals surface area contributed by atoms with Gasteiger partial charge in [0.2, 0.25) is 5.91 Å². The van der Waals surface area contributed by atoms with Gasteiger partial charge in [0.15, 0.2) is 0 Å². The summed E-state index contributed by atoms with van der Waals surface area (Å²) in [6.45, 7) is 9.09. The first-order chi connectivity index (χ1) is 9.20. The third kappa shape index (κ3) is 2.38. The van der Waals surface area contributed by atoms with E-state index in [1.54, 1.807) is 28.4 Å². The average Bonchev–Trinajstić information content (AvgIpc) is 2.90. The fourth-order valence-electron chi connectivity index (χ4n) is 2.71. The Morgan fingerprint density at radius 2 is 2.21 bits per heavy atom. The van der Waals surface area contributed by atoms with Crippen molar-refractivity contribution in [1.82, 2.24) is 4.90 Å². The summed E-state index contributed by atoms with van der Waals surface area (Å²) in [7, 11) is 0. The van der Waals surface area contributed by atoms with Crippen LogP contribution < -0.4 is 5.73 Å². The van der Waals surface area contributed by atoms with Crippen molar-refractivity contribution in [1.29, 1.82) is 0 Å². The molecule has 2 atom stereocenters. The average molecular weight is 276 g/mol. The molecule has 1 aliphatic rings. The molecule has 2 N–H and O–H groups in total. The zero-order chi connectivity index (χ0) is 13.9. The van der Waals surface area contributed by atoms with Crippen LogP contribution in [0.5, 0.6) is 0 Å². The molecule has 1 fully saturated rings. The van der Waals surface area contributed by atoms with Crippen LogP contribution in [0.25, 0.3) is 0 Å². The van der Waals surface area contributed by atoms with Crippen LogP contribution in [0.4, 0.5) is 0 Å². The molecule has 0 saturated heterocycles. The molecule has 3 nitrogen and oxygen atoms in total. The molecule has 0 bridgehead atoms. The Hall–Kier alpha value is -1.39. The summed E-state index contributed by atoms with van der Waals surface area (Å²) < 4.78 is 0. The normalized spacial score (nSPS) is 24.8. The second kappa shape index (κ2) is 5.72. The number of rotatable bonds is 7. The van der Waals surface area contributed by atoms with Crippen LogP contribution in [0.3, 0.4) is 0 Å². The van der Waals surface area contributed by atoms with Crippen LogP contribution in [0.15, 0.2) is 42.1 Å². The van der Waals surface area contributed by atoms with Crippen molar-refractivity contribution in [2.24, 2.45) is 11.7 Å². The molecule has 0 spiro atoms. The summed E-state index contributed by atoms with van der Waals surface area (Å²) in [5.74, 6) is 0.410. The predicted molar refractivity (Wildman–Crippen MR) is 80.1 cm³/mol. The number of thiophene rings is 1. The molecule has 1 saturated carbocycles. The molecule has 1 aromatic heterocycles. The molecule has 19 heavy (non-hydrogen) atoms. The summed E-state index contributed by atoms with van der Waals surface area (Å²) >= 11 is 1.62. The van der Waals surface area contributed by atoms with Gasteiger partial charge in [-0.15, -0.1) is 13.2 Å². The number of amides is 1. The van der Waals surface area contributed by atoms with E-state index in [9.17, 15) is 4.79 Å². The minimum absolute atomic E-state index is 0.154. The molecule has 4 heteroatoms. The fourth-order valence-corrected chi connectivity index (χ4v) is 3.44. The largest absolute Gasteiger partial charge is 0.334 e. The molecule has 2 rings (SSSR count). The zero-order valence-corrected chi connectivity index (χ0v) is 11.9. The number of carbonyl (C=O) groups is 1. The maximum absolute atomic E-state index is 12.9. The molecule has 1 aromatic rings. The number of carbonyl (C=O) groups excluding carboxylic acids is 1. The predicted octanol–water partition coefficient (Wildman–Crippen LogP) is 2.17. The molecule has 102 valence electrons. The fraction of sp³-hybridized carbons (Fsp3) is 0.400. The van der Waals surface area contributed by atoms with Gasteiger partial charge in [0.25, 0.3) is 0 Å². The molecule has 1 aliphatic carbocycles. The highest BCUT2D eigenvalue weighted by atomic mass is 32.1. The van der Waals surface area contributed by atoms with Crippen molar-refractivity contribution in [3.8, 4) is 0 Å². The van der Waals surface area contributed by atoms with E-state index in [-0.39, 0.29) is 11.8 Å². The van der Waals surface area contributed by atoms with E-state index < -0.39 is 5.41 Å². The Kier molecular flexibility index (Phi) is 4.22. The maximum atomic E-state index is 12.9. The highest BCUT2D eigenvalue weighted by Gasteiger charge is 2.61. The number of nitrogens with zero attached hydrogens (tertiary/aromatic N) is 1. The molecule has 0 radical (unpaired) electrons. The van der Waals surface area contributed by atoms with Crippen molar-refractivity contribution >= 4 is 17.2 Å². The Labute approximate surface area is 118 Å². The third-order valence-corrected chi connectivity index (χ3v) is 4.48. The number of nitrogens with two attached hydrogens (primary N) is 1. The smallest absolute Gasteiger partial charge is 0.234 e. The van der Waals surface area contributed by atoms with Crippen LogP contribution in [0.1, 0.15) is 12.0 Å². The SMILES string of the molecule is C=CCN(CC=C)C(=O)[C@@]1(c2ccsc2)C[C@H]1CN. The highest BCUT2D eigenvalue weighted by Crippen LogP contribution is 2.55. The first-order valence-corrected chi connectivity index (χ1v) is 7.39. The summed E-state index contributed by atoms with van der Waals surface area (Å²) in [6, 6.07) is 2.04. The number of hydrogen-bond acceptors (Lipinski definition) is 3. The number of hydrogen-bond donors (Lipinski definition) is 1. The van der Waals surface area contributed by atoms with Crippen LogP contribution in [-0.4, -0.2) is 30.4 Å². The van der Waals surface area contributed by atoms with E-state index in [1.165, 1.54) is 0 Å². The van der Waals surface area contributed by atoms with Gasteiger partial charge >= 0.3 is 0 Å². The Morgan fingerprint density at radius 3 is 2.63 bits per heavy atom. The second-order valence-electron chi connectivity index (χ2n) is 4.91. The van der Waals surface area contributed by atoms with Crippen molar-refractivity contribution in [3.63, 3.8) is 0 Å². The summed E-state index contributed by atoms with van der Waals surface area (Å²) in [5.41, 5.74) is 6.50. The summed E-state index contributed by atoms with van der Waals surface area (Å²) in [5, 5.41) is 4.08. The van der Waals surface area contributed by atoms with Crippen molar-refractivity contribution in [3.05, 3.63) is 47.7 Å². The van der Waals surface area contributed by atoms with Crippen LogP contribution in [0, 0.1) is 5.92 Å². The summed E-state index contributed by atoms with van der Waals surface area (Å²) in [6.07, 6.45) is 4.36. The topological polar surface area (TPSA) is 46.3 Å². The molecule has 1 amide bonds. The molecule has 0 unspecified atom stereocenters. The van der Waals surface area contributed by atoms with E-state index in [0.717, 1.165) is 12.0 Å². The van der Waals surface area contributed by atoms with Crippen molar-refractivity contribution in [2.45, 2.75) is 11.8 Å². The van der Waals surface area contributed by atoms with Gasteiger partial charge in [-0.1, -0.05) is 12.2 Å². The van der Waals surface area contributed by atoms with Gasteiger partial charge < -0.3 is 10.6 Å². The quantitative estimate of drug-likeness (QED) is 0.776. The van der Waals surface area contributed by atoms with Crippen molar-refractivity contribution < 1.29 is 4.79 Å². The van der Waals surface area contributed by atoms with Crippen LogP contribution >= 0.6 is 11.3 Å². The first kappa shape index (κ1) is 14.0. The van der Waals surface area contributed by atoms with Gasteiger partial charge in [-0.2, -0.15) is 11.3 Å². The monoisotopic (exact) mass is 276 g/mol.